The van der Waals surface area contributed by atoms with Crippen LogP contribution in [0.15, 0.2) is 12.1 Å². The van der Waals surface area contributed by atoms with Crippen molar-refractivity contribution >= 4 is 39.4 Å². The topological polar surface area (TPSA) is 85.8 Å². The number of pyridine rings is 1. The fraction of sp³-hybridized carbons (Fsp3) is 0.647. The number of carbonyl (C=O) groups excluding carboxylic acids is 1. The molecule has 2 heterocycles. The zero-order valence-corrected chi connectivity index (χ0v) is 18.1. The van der Waals surface area contributed by atoms with Gasteiger partial charge >= 0.3 is 6.09 Å². The predicted octanol–water partition coefficient (Wildman–Crippen LogP) is 3.63. The number of hydrogen-bond donors (Lipinski definition) is 0. The van der Waals surface area contributed by atoms with Gasteiger partial charge in [0, 0.05) is 18.5 Å². The highest BCUT2D eigenvalue weighted by atomic mass is 35.5. The molecule has 0 N–H and O–H groups in total. The van der Waals surface area contributed by atoms with Crippen LogP contribution in [-0.4, -0.2) is 55.9 Å². The van der Waals surface area contributed by atoms with Gasteiger partial charge in [0.25, 0.3) is 10.1 Å². The monoisotopic (exact) mass is 438 g/mol. The second-order valence-corrected chi connectivity index (χ2v) is 10.1. The normalized spacial score (nSPS) is 17.6. The molecule has 152 valence electrons. The van der Waals surface area contributed by atoms with Crippen molar-refractivity contribution in [3.63, 3.8) is 0 Å². The molecule has 0 aromatic carbocycles. The highest BCUT2D eigenvalue weighted by molar-refractivity contribution is 7.85. The van der Waals surface area contributed by atoms with E-state index in [4.69, 9.17) is 32.1 Å². The molecule has 0 bridgehead atoms. The van der Waals surface area contributed by atoms with E-state index in [-0.39, 0.29) is 16.9 Å². The Morgan fingerprint density at radius 1 is 1.22 bits per heavy atom. The number of aromatic nitrogens is 1. The minimum atomic E-state index is -3.63. The number of piperidine rings is 1. The van der Waals surface area contributed by atoms with Crippen LogP contribution in [0, 0.1) is 0 Å². The first kappa shape index (κ1) is 22.2. The number of rotatable bonds is 4. The number of likely N-dealkylation sites (tertiary alicyclic amines) is 1. The smallest absolute Gasteiger partial charge is 0.410 e. The van der Waals surface area contributed by atoms with Crippen molar-refractivity contribution < 1.29 is 22.1 Å². The Bertz CT molecular complexity index is 780. The van der Waals surface area contributed by atoms with E-state index in [1.54, 1.807) is 37.8 Å². The molecule has 1 aliphatic heterocycles. The molecule has 1 amide bonds. The van der Waals surface area contributed by atoms with E-state index in [0.29, 0.717) is 25.9 Å². The molecule has 1 saturated heterocycles. The molecule has 0 radical (unpaired) electrons. The van der Waals surface area contributed by atoms with Crippen molar-refractivity contribution in [1.82, 2.24) is 9.88 Å². The van der Waals surface area contributed by atoms with Crippen LogP contribution in [0.1, 0.15) is 39.2 Å². The van der Waals surface area contributed by atoms with Gasteiger partial charge in [-0.3, -0.25) is 4.18 Å². The highest BCUT2D eigenvalue weighted by Gasteiger charge is 2.40. The number of halogens is 2. The molecule has 1 aromatic rings. The summed E-state index contributed by atoms with van der Waals surface area (Å²) >= 11 is 12.1. The van der Waals surface area contributed by atoms with Crippen molar-refractivity contribution in [1.29, 1.82) is 0 Å². The second kappa shape index (κ2) is 8.11. The van der Waals surface area contributed by atoms with E-state index >= 15 is 0 Å². The van der Waals surface area contributed by atoms with Gasteiger partial charge < -0.3 is 9.64 Å². The summed E-state index contributed by atoms with van der Waals surface area (Å²) in [6.45, 7) is 6.13. The molecular formula is C17H24Cl2N2O5S. The average molecular weight is 439 g/mol. The lowest BCUT2D eigenvalue weighted by atomic mass is 9.74. The lowest BCUT2D eigenvalue weighted by Gasteiger charge is -2.42. The molecule has 0 unspecified atom stereocenters. The third-order valence-electron chi connectivity index (χ3n) is 4.30. The van der Waals surface area contributed by atoms with E-state index in [1.807, 2.05) is 0 Å². The summed E-state index contributed by atoms with van der Waals surface area (Å²) in [5, 5.41) is 0.427. The second-order valence-electron chi connectivity index (χ2n) is 7.72. The summed E-state index contributed by atoms with van der Waals surface area (Å²) in [6.07, 6.45) is 1.55. The molecule has 1 aliphatic rings. The number of carbonyl (C=O) groups is 1. The standard InChI is InChI=1S/C17H24Cl2N2O5S/c1-16(2,3)26-15(22)21-7-5-17(6-8-21,11-25-27(4,23)24)12-9-13(18)20-14(19)10-12/h9-10H,5-8,11H2,1-4H3. The van der Waals surface area contributed by atoms with Gasteiger partial charge in [-0.1, -0.05) is 23.2 Å². The zero-order valence-electron chi connectivity index (χ0n) is 15.8. The molecule has 0 spiro atoms. The third-order valence-corrected chi connectivity index (χ3v) is 5.23. The van der Waals surface area contributed by atoms with Crippen LogP contribution in [0.25, 0.3) is 0 Å². The maximum atomic E-state index is 12.3. The van der Waals surface area contributed by atoms with Gasteiger partial charge in [-0.15, -0.1) is 0 Å². The Hall–Kier alpha value is -1.09. The van der Waals surface area contributed by atoms with Crippen LogP contribution in [0.3, 0.4) is 0 Å². The molecule has 1 fully saturated rings. The molecule has 0 saturated carbocycles. The molecule has 1 aromatic heterocycles. The molecule has 27 heavy (non-hydrogen) atoms. The minimum absolute atomic E-state index is 0.0648. The first-order valence-electron chi connectivity index (χ1n) is 8.46. The molecule has 10 heteroatoms. The van der Waals surface area contributed by atoms with Gasteiger partial charge in [-0.2, -0.15) is 8.42 Å². The average Bonchev–Trinajstić information content (AvgIpc) is 2.50. The Kier molecular flexibility index (Phi) is 6.67. The van der Waals surface area contributed by atoms with Crippen LogP contribution in [0.4, 0.5) is 4.79 Å². The Labute approximate surface area is 170 Å². The minimum Gasteiger partial charge on any atom is -0.444 e. The first-order chi connectivity index (χ1) is 12.3. The van der Waals surface area contributed by atoms with Crippen LogP contribution in [0.5, 0.6) is 0 Å². The molecule has 7 nitrogen and oxygen atoms in total. The van der Waals surface area contributed by atoms with E-state index < -0.39 is 27.2 Å². The van der Waals surface area contributed by atoms with E-state index in [2.05, 4.69) is 4.98 Å². The molecule has 2 rings (SSSR count). The first-order valence-corrected chi connectivity index (χ1v) is 11.0. The number of nitrogens with zero attached hydrogens (tertiary/aromatic N) is 2. The molecular weight excluding hydrogens is 415 g/mol. The quantitative estimate of drug-likeness (QED) is 0.526. The Morgan fingerprint density at radius 2 is 1.74 bits per heavy atom. The maximum absolute atomic E-state index is 12.3. The number of amides is 1. The van der Waals surface area contributed by atoms with E-state index in [0.717, 1.165) is 11.8 Å². The summed E-state index contributed by atoms with van der Waals surface area (Å²) in [4.78, 5) is 17.9. The van der Waals surface area contributed by atoms with Crippen molar-refractivity contribution in [3.8, 4) is 0 Å². The Balaban J connectivity index is 2.24. The van der Waals surface area contributed by atoms with Gasteiger partial charge in [0.05, 0.1) is 12.9 Å². The van der Waals surface area contributed by atoms with Crippen LogP contribution in [0.2, 0.25) is 10.3 Å². The van der Waals surface area contributed by atoms with Crippen molar-refractivity contribution in [2.75, 3.05) is 26.0 Å². The molecule has 0 aliphatic carbocycles. The predicted molar refractivity (Wildman–Crippen MR) is 104 cm³/mol. The lowest BCUT2D eigenvalue weighted by molar-refractivity contribution is 0.0134. The summed E-state index contributed by atoms with van der Waals surface area (Å²) < 4.78 is 33.6. The summed E-state index contributed by atoms with van der Waals surface area (Å²) in [5.74, 6) is 0. The van der Waals surface area contributed by atoms with Crippen molar-refractivity contribution in [3.05, 3.63) is 28.0 Å². The fourth-order valence-corrected chi connectivity index (χ4v) is 3.85. The number of ether oxygens (including phenoxy) is 1. The van der Waals surface area contributed by atoms with Gasteiger partial charge in [0.2, 0.25) is 0 Å². The Morgan fingerprint density at radius 3 is 2.19 bits per heavy atom. The van der Waals surface area contributed by atoms with Gasteiger partial charge in [-0.05, 0) is 51.3 Å². The summed E-state index contributed by atoms with van der Waals surface area (Å²) in [5.41, 5.74) is -0.505. The van der Waals surface area contributed by atoms with Crippen molar-refractivity contribution in [2.24, 2.45) is 0 Å². The maximum Gasteiger partial charge on any atom is 0.410 e. The largest absolute Gasteiger partial charge is 0.444 e. The molecule has 0 atom stereocenters. The summed E-state index contributed by atoms with van der Waals surface area (Å²) in [7, 11) is -3.63. The van der Waals surface area contributed by atoms with Crippen LogP contribution in [-0.2, 0) is 24.5 Å². The van der Waals surface area contributed by atoms with Crippen LogP contribution < -0.4 is 0 Å². The zero-order chi connectivity index (χ0) is 20.5. The van der Waals surface area contributed by atoms with Gasteiger partial charge in [0.15, 0.2) is 0 Å². The van der Waals surface area contributed by atoms with Gasteiger partial charge in [-0.25, -0.2) is 9.78 Å². The summed E-state index contributed by atoms with van der Waals surface area (Å²) in [6, 6.07) is 3.31. The third kappa shape index (κ3) is 6.48. The number of hydrogen-bond acceptors (Lipinski definition) is 6. The lowest BCUT2D eigenvalue weighted by Crippen LogP contribution is -2.48. The van der Waals surface area contributed by atoms with Gasteiger partial charge in [0.1, 0.15) is 15.9 Å². The highest BCUT2D eigenvalue weighted by Crippen LogP contribution is 2.38. The fourth-order valence-electron chi connectivity index (χ4n) is 2.95. The van der Waals surface area contributed by atoms with E-state index in [9.17, 15) is 13.2 Å². The van der Waals surface area contributed by atoms with E-state index in [1.165, 1.54) is 0 Å². The van der Waals surface area contributed by atoms with Crippen molar-refractivity contribution in [2.45, 2.75) is 44.6 Å². The van der Waals surface area contributed by atoms with Crippen LogP contribution >= 0.6 is 23.2 Å². The SMILES string of the molecule is CC(C)(C)OC(=O)N1CCC(COS(C)(=O)=O)(c2cc(Cl)nc(Cl)c2)CC1.